The van der Waals surface area contributed by atoms with Gasteiger partial charge >= 0.3 is 0 Å². The third kappa shape index (κ3) is 2.94. The molecule has 1 aliphatic heterocycles. The first-order chi connectivity index (χ1) is 7.27. The van der Waals surface area contributed by atoms with Crippen LogP contribution < -0.4 is 5.32 Å². The van der Waals surface area contributed by atoms with Gasteiger partial charge in [0.2, 0.25) is 0 Å². The Hall–Kier alpha value is -0.0800. The topological polar surface area (TPSA) is 21.3 Å². The van der Waals surface area contributed by atoms with Crippen LogP contribution in [0.3, 0.4) is 0 Å². The maximum Gasteiger partial charge on any atom is 0.0728 e. The van der Waals surface area contributed by atoms with Crippen molar-refractivity contribution in [3.63, 3.8) is 0 Å². The highest BCUT2D eigenvalue weighted by Gasteiger charge is 2.29. The van der Waals surface area contributed by atoms with Crippen molar-refractivity contribution < 1.29 is 4.74 Å². The zero-order valence-electron chi connectivity index (χ0n) is 10.2. The van der Waals surface area contributed by atoms with E-state index in [1.165, 1.54) is 25.7 Å². The molecule has 1 heterocycles. The van der Waals surface area contributed by atoms with Crippen molar-refractivity contribution in [3.05, 3.63) is 0 Å². The fraction of sp³-hybridized carbons (Fsp3) is 1.00. The van der Waals surface area contributed by atoms with E-state index in [0.717, 1.165) is 37.5 Å². The average molecular weight is 211 g/mol. The molecule has 15 heavy (non-hydrogen) atoms. The molecule has 2 heteroatoms. The summed E-state index contributed by atoms with van der Waals surface area (Å²) in [7, 11) is 0. The van der Waals surface area contributed by atoms with Crippen LogP contribution in [0, 0.1) is 17.8 Å². The Morgan fingerprint density at radius 1 is 1.13 bits per heavy atom. The number of morpholine rings is 1. The van der Waals surface area contributed by atoms with Crippen LogP contribution in [0.5, 0.6) is 0 Å². The minimum atomic E-state index is 0.506. The highest BCUT2D eigenvalue weighted by Crippen LogP contribution is 2.35. The summed E-state index contributed by atoms with van der Waals surface area (Å²) >= 11 is 0. The summed E-state index contributed by atoms with van der Waals surface area (Å²) in [5.41, 5.74) is 0. The molecule has 1 aliphatic carbocycles. The standard InChI is InChI=1S/C13H25NO/c1-10(2)11-3-5-12(6-4-11)13-9-14-7-8-15-13/h10-14H,3-9H2,1-2H3. The molecule has 0 amide bonds. The molecule has 88 valence electrons. The zero-order valence-corrected chi connectivity index (χ0v) is 10.2. The van der Waals surface area contributed by atoms with Crippen molar-refractivity contribution in [2.75, 3.05) is 19.7 Å². The van der Waals surface area contributed by atoms with E-state index < -0.39 is 0 Å². The van der Waals surface area contributed by atoms with Crippen LogP contribution in [0.1, 0.15) is 39.5 Å². The molecular weight excluding hydrogens is 186 g/mol. The van der Waals surface area contributed by atoms with E-state index in [2.05, 4.69) is 19.2 Å². The first-order valence-electron chi connectivity index (χ1n) is 6.59. The van der Waals surface area contributed by atoms with Crippen molar-refractivity contribution in [1.29, 1.82) is 0 Å². The van der Waals surface area contributed by atoms with Gasteiger partial charge in [-0.05, 0) is 43.4 Å². The number of hydrogen-bond donors (Lipinski definition) is 1. The van der Waals surface area contributed by atoms with Gasteiger partial charge in [0.15, 0.2) is 0 Å². The van der Waals surface area contributed by atoms with Gasteiger partial charge in [0, 0.05) is 13.1 Å². The van der Waals surface area contributed by atoms with E-state index in [-0.39, 0.29) is 0 Å². The quantitative estimate of drug-likeness (QED) is 0.757. The van der Waals surface area contributed by atoms with E-state index in [0.29, 0.717) is 6.10 Å². The largest absolute Gasteiger partial charge is 0.375 e. The third-order valence-electron chi connectivity index (χ3n) is 4.24. The first kappa shape index (κ1) is 11.4. The van der Waals surface area contributed by atoms with Gasteiger partial charge in [-0.1, -0.05) is 13.8 Å². The average Bonchev–Trinajstić information content (AvgIpc) is 2.30. The Morgan fingerprint density at radius 3 is 2.40 bits per heavy atom. The summed E-state index contributed by atoms with van der Waals surface area (Å²) in [6, 6.07) is 0. The SMILES string of the molecule is CC(C)C1CCC(C2CNCCO2)CC1. The first-order valence-corrected chi connectivity index (χ1v) is 6.59. The minimum absolute atomic E-state index is 0.506. The van der Waals surface area contributed by atoms with Crippen LogP contribution in [0.25, 0.3) is 0 Å². The lowest BCUT2D eigenvalue weighted by Crippen LogP contribution is -2.43. The molecule has 0 spiro atoms. The van der Waals surface area contributed by atoms with E-state index >= 15 is 0 Å². The predicted octanol–water partition coefficient (Wildman–Crippen LogP) is 2.44. The Kier molecular flexibility index (Phi) is 4.04. The molecule has 2 aliphatic rings. The lowest BCUT2D eigenvalue weighted by Gasteiger charge is -2.37. The van der Waals surface area contributed by atoms with Gasteiger partial charge in [-0.2, -0.15) is 0 Å². The van der Waals surface area contributed by atoms with Crippen molar-refractivity contribution >= 4 is 0 Å². The van der Waals surface area contributed by atoms with Gasteiger partial charge < -0.3 is 10.1 Å². The highest BCUT2D eigenvalue weighted by molar-refractivity contribution is 4.82. The summed E-state index contributed by atoms with van der Waals surface area (Å²) in [5.74, 6) is 2.67. The lowest BCUT2D eigenvalue weighted by atomic mass is 9.75. The second-order valence-corrected chi connectivity index (χ2v) is 5.53. The minimum Gasteiger partial charge on any atom is -0.375 e. The zero-order chi connectivity index (χ0) is 10.7. The lowest BCUT2D eigenvalue weighted by molar-refractivity contribution is -0.0250. The van der Waals surface area contributed by atoms with Crippen LogP contribution in [0.15, 0.2) is 0 Å². The second-order valence-electron chi connectivity index (χ2n) is 5.53. The molecule has 2 fully saturated rings. The summed E-state index contributed by atoms with van der Waals surface area (Å²) in [5, 5.41) is 3.44. The van der Waals surface area contributed by atoms with Crippen molar-refractivity contribution in [2.45, 2.75) is 45.6 Å². The summed E-state index contributed by atoms with van der Waals surface area (Å²) < 4.78 is 5.85. The Labute approximate surface area is 93.8 Å². The second kappa shape index (κ2) is 5.31. The maximum absolute atomic E-state index is 5.85. The molecule has 1 saturated carbocycles. The van der Waals surface area contributed by atoms with Crippen LogP contribution in [-0.2, 0) is 4.74 Å². The van der Waals surface area contributed by atoms with Crippen LogP contribution in [-0.4, -0.2) is 25.8 Å². The number of rotatable bonds is 2. The molecule has 2 rings (SSSR count). The van der Waals surface area contributed by atoms with Crippen molar-refractivity contribution in [1.82, 2.24) is 5.32 Å². The molecule has 0 aromatic carbocycles. The fourth-order valence-electron chi connectivity index (χ4n) is 3.07. The van der Waals surface area contributed by atoms with Gasteiger partial charge in [-0.25, -0.2) is 0 Å². The van der Waals surface area contributed by atoms with Gasteiger partial charge in [-0.15, -0.1) is 0 Å². The number of nitrogens with one attached hydrogen (secondary N) is 1. The summed E-state index contributed by atoms with van der Waals surface area (Å²) in [6.45, 7) is 7.76. The smallest absolute Gasteiger partial charge is 0.0728 e. The molecule has 1 unspecified atom stereocenters. The molecule has 0 radical (unpaired) electrons. The van der Waals surface area contributed by atoms with Gasteiger partial charge in [0.1, 0.15) is 0 Å². The monoisotopic (exact) mass is 211 g/mol. The van der Waals surface area contributed by atoms with E-state index in [4.69, 9.17) is 4.74 Å². The molecule has 0 aromatic heterocycles. The Morgan fingerprint density at radius 2 is 1.87 bits per heavy atom. The normalized spacial score (nSPS) is 38.2. The van der Waals surface area contributed by atoms with Gasteiger partial charge in [0.05, 0.1) is 12.7 Å². The molecular formula is C13H25NO. The van der Waals surface area contributed by atoms with Crippen molar-refractivity contribution in [3.8, 4) is 0 Å². The van der Waals surface area contributed by atoms with E-state index in [1.54, 1.807) is 0 Å². The summed E-state index contributed by atoms with van der Waals surface area (Å²) in [6.07, 6.45) is 6.11. The Bertz CT molecular complexity index is 179. The summed E-state index contributed by atoms with van der Waals surface area (Å²) in [4.78, 5) is 0. The Balaban J connectivity index is 1.77. The molecule has 1 N–H and O–H groups in total. The molecule has 1 saturated heterocycles. The van der Waals surface area contributed by atoms with Crippen LogP contribution in [0.4, 0.5) is 0 Å². The fourth-order valence-corrected chi connectivity index (χ4v) is 3.07. The van der Waals surface area contributed by atoms with E-state index in [9.17, 15) is 0 Å². The number of ether oxygens (including phenoxy) is 1. The van der Waals surface area contributed by atoms with Crippen LogP contribution in [0.2, 0.25) is 0 Å². The highest BCUT2D eigenvalue weighted by atomic mass is 16.5. The van der Waals surface area contributed by atoms with Gasteiger partial charge in [-0.3, -0.25) is 0 Å². The molecule has 1 atom stereocenters. The molecule has 0 bridgehead atoms. The third-order valence-corrected chi connectivity index (χ3v) is 4.24. The maximum atomic E-state index is 5.85. The van der Waals surface area contributed by atoms with Crippen molar-refractivity contribution in [2.24, 2.45) is 17.8 Å². The van der Waals surface area contributed by atoms with Gasteiger partial charge in [0.25, 0.3) is 0 Å². The molecule has 0 aromatic rings. The van der Waals surface area contributed by atoms with Crippen LogP contribution >= 0.6 is 0 Å². The van der Waals surface area contributed by atoms with E-state index in [1.807, 2.05) is 0 Å². The number of hydrogen-bond acceptors (Lipinski definition) is 2. The predicted molar refractivity (Wildman–Crippen MR) is 62.9 cm³/mol. The molecule has 2 nitrogen and oxygen atoms in total.